The Kier molecular flexibility index (Phi) is 4.65. The van der Waals surface area contributed by atoms with Crippen LogP contribution in [0.1, 0.15) is 16.1 Å². The van der Waals surface area contributed by atoms with Crippen molar-refractivity contribution in [1.82, 2.24) is 4.98 Å². The average molecular weight is 380 g/mol. The van der Waals surface area contributed by atoms with Crippen molar-refractivity contribution in [3.63, 3.8) is 0 Å². The predicted octanol–water partition coefficient (Wildman–Crippen LogP) is 3.69. The number of rotatable bonds is 5. The minimum Gasteiger partial charge on any atom is -0.324 e. The fourth-order valence-corrected chi connectivity index (χ4v) is 4.26. The Bertz CT molecular complexity index is 945. The molecule has 2 heterocycles. The van der Waals surface area contributed by atoms with Crippen molar-refractivity contribution < 1.29 is 17.4 Å². The second-order valence-electron chi connectivity index (χ2n) is 4.83. The van der Waals surface area contributed by atoms with E-state index in [1.807, 2.05) is 31.2 Å². The molecule has 0 aliphatic rings. The molecule has 0 fully saturated rings. The Morgan fingerprint density at radius 2 is 1.92 bits per heavy atom. The van der Waals surface area contributed by atoms with E-state index in [-0.39, 0.29) is 5.69 Å². The van der Waals surface area contributed by atoms with Gasteiger partial charge < -0.3 is 4.18 Å². The van der Waals surface area contributed by atoms with E-state index in [9.17, 15) is 13.2 Å². The Hall–Kier alpha value is -2.23. The summed E-state index contributed by atoms with van der Waals surface area (Å²) in [4.78, 5) is 16.3. The fourth-order valence-electron chi connectivity index (χ4n) is 1.87. The quantitative estimate of drug-likeness (QED) is 0.729. The van der Waals surface area contributed by atoms with Crippen LogP contribution in [-0.4, -0.2) is 19.4 Å². The number of hydrogen-bond donors (Lipinski definition) is 1. The van der Waals surface area contributed by atoms with Crippen molar-refractivity contribution in [2.24, 2.45) is 0 Å². The lowest BCUT2D eigenvalue weighted by Gasteiger charge is -2.04. The molecule has 124 valence electrons. The zero-order valence-corrected chi connectivity index (χ0v) is 14.9. The van der Waals surface area contributed by atoms with Crippen LogP contribution in [-0.2, 0) is 14.5 Å². The van der Waals surface area contributed by atoms with E-state index in [4.69, 9.17) is 0 Å². The molecule has 2 aromatic heterocycles. The number of anilines is 1. The molecule has 3 rings (SSSR count). The normalized spacial score (nSPS) is 11.2. The van der Waals surface area contributed by atoms with Gasteiger partial charge in [-0.2, -0.15) is 8.42 Å². The first-order valence-corrected chi connectivity index (χ1v) is 9.91. The van der Waals surface area contributed by atoms with E-state index in [0.29, 0.717) is 5.00 Å². The lowest BCUT2D eigenvalue weighted by molar-refractivity contribution is 0.0743. The van der Waals surface area contributed by atoms with Crippen molar-refractivity contribution in [2.75, 3.05) is 4.72 Å². The van der Waals surface area contributed by atoms with E-state index in [1.165, 1.54) is 33.6 Å². The summed E-state index contributed by atoms with van der Waals surface area (Å²) in [5.41, 5.74) is 3.50. The Balaban J connectivity index is 1.71. The molecule has 1 aromatic carbocycles. The summed E-state index contributed by atoms with van der Waals surface area (Å²) >= 11 is 2.42. The standard InChI is InChI=1S/C15H12N2O4S3/c1-10-2-4-11(5-3-10)13-6-7-14(23-13)17-24(19,20)21-15(18)12-8-22-9-16-12/h2-9,17H,1H3. The van der Waals surface area contributed by atoms with Crippen LogP contribution in [0.4, 0.5) is 5.00 Å². The molecule has 0 atom stereocenters. The number of carbonyl (C=O) groups excluding carboxylic acids is 1. The van der Waals surface area contributed by atoms with Crippen molar-refractivity contribution in [3.8, 4) is 10.4 Å². The predicted molar refractivity (Wildman–Crippen MR) is 94.6 cm³/mol. The van der Waals surface area contributed by atoms with E-state index in [1.54, 1.807) is 12.1 Å². The van der Waals surface area contributed by atoms with Crippen LogP contribution < -0.4 is 4.72 Å². The van der Waals surface area contributed by atoms with Crippen molar-refractivity contribution in [1.29, 1.82) is 0 Å². The summed E-state index contributed by atoms with van der Waals surface area (Å²) in [5.74, 6) is -1.01. The summed E-state index contributed by atoms with van der Waals surface area (Å²) < 4.78 is 30.6. The summed E-state index contributed by atoms with van der Waals surface area (Å²) in [5, 5.41) is 1.77. The second-order valence-corrected chi connectivity index (χ2v) is 7.91. The molecule has 9 heteroatoms. The minimum atomic E-state index is -4.26. The number of benzene rings is 1. The third kappa shape index (κ3) is 3.99. The van der Waals surface area contributed by atoms with Gasteiger partial charge in [-0.1, -0.05) is 29.8 Å². The van der Waals surface area contributed by atoms with E-state index < -0.39 is 16.3 Å². The third-order valence-electron chi connectivity index (χ3n) is 2.99. The molecular formula is C15H12N2O4S3. The maximum absolute atomic E-state index is 11.9. The third-order valence-corrected chi connectivity index (χ3v) is 5.60. The summed E-state index contributed by atoms with van der Waals surface area (Å²) in [7, 11) is -4.26. The van der Waals surface area contributed by atoms with Crippen LogP contribution in [0.2, 0.25) is 0 Å². The summed E-state index contributed by atoms with van der Waals surface area (Å²) in [6.07, 6.45) is 0. The zero-order valence-electron chi connectivity index (χ0n) is 12.4. The highest BCUT2D eigenvalue weighted by Gasteiger charge is 2.21. The van der Waals surface area contributed by atoms with Gasteiger partial charge in [0, 0.05) is 10.3 Å². The fraction of sp³-hybridized carbons (Fsp3) is 0.0667. The number of carbonyl (C=O) groups is 1. The summed E-state index contributed by atoms with van der Waals surface area (Å²) in [6.45, 7) is 1.99. The van der Waals surface area contributed by atoms with Gasteiger partial charge in [-0.3, -0.25) is 0 Å². The molecule has 6 nitrogen and oxygen atoms in total. The van der Waals surface area contributed by atoms with Crippen LogP contribution in [0.5, 0.6) is 0 Å². The molecule has 0 saturated carbocycles. The van der Waals surface area contributed by atoms with Gasteiger partial charge >= 0.3 is 16.3 Å². The number of hydrogen-bond acceptors (Lipinski definition) is 7. The average Bonchev–Trinajstić information content (AvgIpc) is 3.18. The van der Waals surface area contributed by atoms with Gasteiger partial charge in [-0.05, 0) is 24.6 Å². The first-order chi connectivity index (χ1) is 11.4. The lowest BCUT2D eigenvalue weighted by Crippen LogP contribution is -2.20. The number of aromatic nitrogens is 1. The van der Waals surface area contributed by atoms with E-state index >= 15 is 0 Å². The smallest absolute Gasteiger partial charge is 0.324 e. The molecule has 0 bridgehead atoms. The number of nitrogens with one attached hydrogen (secondary N) is 1. The van der Waals surface area contributed by atoms with Crippen LogP contribution in [0.15, 0.2) is 47.3 Å². The van der Waals surface area contributed by atoms with Gasteiger partial charge in [0.05, 0.1) is 5.51 Å². The van der Waals surface area contributed by atoms with Gasteiger partial charge in [-0.15, -0.1) is 22.7 Å². The molecule has 0 unspecified atom stereocenters. The van der Waals surface area contributed by atoms with E-state index in [2.05, 4.69) is 13.9 Å². The van der Waals surface area contributed by atoms with Crippen molar-refractivity contribution >= 4 is 43.9 Å². The first-order valence-electron chi connectivity index (χ1n) is 6.74. The van der Waals surface area contributed by atoms with Gasteiger partial charge in [0.15, 0.2) is 5.69 Å². The molecule has 0 aliphatic carbocycles. The largest absolute Gasteiger partial charge is 0.410 e. The topological polar surface area (TPSA) is 85.4 Å². The van der Waals surface area contributed by atoms with E-state index in [0.717, 1.165) is 16.0 Å². The maximum atomic E-state index is 11.9. The molecule has 0 aliphatic heterocycles. The number of aryl methyl sites for hydroxylation is 1. The second kappa shape index (κ2) is 6.71. The highest BCUT2D eigenvalue weighted by Crippen LogP contribution is 2.32. The van der Waals surface area contributed by atoms with Crippen molar-refractivity contribution in [3.05, 3.63) is 58.5 Å². The van der Waals surface area contributed by atoms with Gasteiger partial charge in [-0.25, -0.2) is 14.5 Å². The molecule has 24 heavy (non-hydrogen) atoms. The molecule has 3 aromatic rings. The monoisotopic (exact) mass is 380 g/mol. The number of nitrogens with zero attached hydrogens (tertiary/aromatic N) is 1. The Morgan fingerprint density at radius 3 is 2.58 bits per heavy atom. The molecule has 0 amide bonds. The van der Waals surface area contributed by atoms with Crippen LogP contribution in [0, 0.1) is 6.92 Å². The number of thiophene rings is 1. The SMILES string of the molecule is Cc1ccc(-c2ccc(NS(=O)(=O)OC(=O)c3cscn3)s2)cc1. The zero-order chi connectivity index (χ0) is 17.2. The van der Waals surface area contributed by atoms with Crippen LogP contribution in [0.3, 0.4) is 0 Å². The van der Waals surface area contributed by atoms with Crippen molar-refractivity contribution in [2.45, 2.75) is 6.92 Å². The first kappa shape index (κ1) is 16.6. The molecule has 0 saturated heterocycles. The van der Waals surface area contributed by atoms with Gasteiger partial charge in [0.25, 0.3) is 0 Å². The Labute approximate surface area is 147 Å². The highest BCUT2D eigenvalue weighted by atomic mass is 32.2. The molecule has 0 radical (unpaired) electrons. The summed E-state index contributed by atoms with van der Waals surface area (Å²) in [6, 6.07) is 11.3. The molecule has 0 spiro atoms. The number of thiazole rings is 1. The lowest BCUT2D eigenvalue weighted by atomic mass is 10.1. The highest BCUT2D eigenvalue weighted by molar-refractivity contribution is 7.88. The molecule has 1 N–H and O–H groups in total. The van der Waals surface area contributed by atoms with Crippen LogP contribution in [0.25, 0.3) is 10.4 Å². The minimum absolute atomic E-state index is 0.0445. The molecular weight excluding hydrogens is 368 g/mol. The van der Waals surface area contributed by atoms with Crippen LogP contribution >= 0.6 is 22.7 Å². The van der Waals surface area contributed by atoms with Gasteiger partial charge in [0.1, 0.15) is 5.00 Å². The maximum Gasteiger partial charge on any atom is 0.410 e. The Morgan fingerprint density at radius 1 is 1.17 bits per heavy atom. The van der Waals surface area contributed by atoms with Gasteiger partial charge in [0.2, 0.25) is 0 Å².